The lowest BCUT2D eigenvalue weighted by Crippen LogP contribution is -2.38. The molecule has 1 heterocycles. The lowest BCUT2D eigenvalue weighted by atomic mass is 10.0. The van der Waals surface area contributed by atoms with Gasteiger partial charge in [0, 0.05) is 35.6 Å². The summed E-state index contributed by atoms with van der Waals surface area (Å²) >= 11 is 0. The Bertz CT molecular complexity index is 904. The Morgan fingerprint density at radius 3 is 2.69 bits per heavy atom. The lowest BCUT2D eigenvalue weighted by Gasteiger charge is -2.16. The number of fused-ring (bicyclic) bond motifs is 1. The minimum atomic E-state index is -0.892. The van der Waals surface area contributed by atoms with Gasteiger partial charge in [0.1, 0.15) is 17.5 Å². The minimum Gasteiger partial charge on any atom is -0.497 e. The number of carboxylic acids is 1. The van der Waals surface area contributed by atoms with Crippen LogP contribution in [0.3, 0.4) is 0 Å². The molecule has 136 valence electrons. The van der Waals surface area contributed by atoms with E-state index < -0.39 is 12.0 Å². The number of para-hydroxylation sites is 1. The molecule has 0 aliphatic heterocycles. The molecule has 2 aromatic carbocycles. The van der Waals surface area contributed by atoms with Gasteiger partial charge in [0.05, 0.1) is 14.2 Å². The van der Waals surface area contributed by atoms with Gasteiger partial charge in [-0.1, -0.05) is 18.2 Å². The van der Waals surface area contributed by atoms with Gasteiger partial charge in [0.25, 0.3) is 0 Å². The van der Waals surface area contributed by atoms with Crippen molar-refractivity contribution in [1.82, 2.24) is 10.3 Å². The van der Waals surface area contributed by atoms with Crippen molar-refractivity contribution >= 4 is 16.9 Å². The van der Waals surface area contributed by atoms with Crippen LogP contribution in [0.25, 0.3) is 10.9 Å². The number of hydrogen-bond acceptors (Lipinski definition) is 4. The van der Waals surface area contributed by atoms with E-state index in [0.717, 1.165) is 22.0 Å². The number of nitrogens with one attached hydrogen (secondary N) is 2. The van der Waals surface area contributed by atoms with E-state index in [0.29, 0.717) is 24.5 Å². The number of aliphatic carboxylic acids is 1. The zero-order valence-corrected chi connectivity index (χ0v) is 14.8. The monoisotopic (exact) mass is 354 g/mol. The Labute approximate surface area is 151 Å². The Hall–Kier alpha value is -2.99. The van der Waals surface area contributed by atoms with Crippen molar-refractivity contribution < 1.29 is 19.4 Å². The van der Waals surface area contributed by atoms with Crippen LogP contribution in [0.4, 0.5) is 0 Å². The zero-order valence-electron chi connectivity index (χ0n) is 14.8. The van der Waals surface area contributed by atoms with Crippen LogP contribution in [0, 0.1) is 0 Å². The van der Waals surface area contributed by atoms with Gasteiger partial charge in [-0.05, 0) is 29.8 Å². The first kappa shape index (κ1) is 17.8. The Morgan fingerprint density at radius 2 is 1.96 bits per heavy atom. The normalized spacial score (nSPS) is 12.1. The number of methoxy groups -OCH3 is 2. The van der Waals surface area contributed by atoms with Crippen LogP contribution < -0.4 is 14.8 Å². The van der Waals surface area contributed by atoms with Gasteiger partial charge in [0.15, 0.2) is 0 Å². The summed E-state index contributed by atoms with van der Waals surface area (Å²) in [6.07, 6.45) is 2.25. The average Bonchev–Trinajstić information content (AvgIpc) is 3.07. The molecule has 0 spiro atoms. The molecular weight excluding hydrogens is 332 g/mol. The van der Waals surface area contributed by atoms with Crippen LogP contribution in [0.2, 0.25) is 0 Å². The van der Waals surface area contributed by atoms with Gasteiger partial charge < -0.3 is 19.6 Å². The average molecular weight is 354 g/mol. The number of rotatable bonds is 8. The van der Waals surface area contributed by atoms with Crippen LogP contribution in [-0.2, 0) is 17.8 Å². The number of aromatic amines is 1. The second-order valence-corrected chi connectivity index (χ2v) is 6.01. The summed E-state index contributed by atoms with van der Waals surface area (Å²) in [6, 6.07) is 12.6. The summed E-state index contributed by atoms with van der Waals surface area (Å²) in [5.41, 5.74) is 2.82. The van der Waals surface area contributed by atoms with Gasteiger partial charge in [-0.2, -0.15) is 0 Å². The van der Waals surface area contributed by atoms with Crippen molar-refractivity contribution in [3.63, 3.8) is 0 Å². The highest BCUT2D eigenvalue weighted by Gasteiger charge is 2.20. The fourth-order valence-corrected chi connectivity index (χ4v) is 3.02. The summed E-state index contributed by atoms with van der Waals surface area (Å²) in [5.74, 6) is 0.498. The van der Waals surface area contributed by atoms with Crippen LogP contribution >= 0.6 is 0 Å². The van der Waals surface area contributed by atoms with Gasteiger partial charge >= 0.3 is 5.97 Å². The largest absolute Gasteiger partial charge is 0.497 e. The van der Waals surface area contributed by atoms with Gasteiger partial charge in [-0.25, -0.2) is 0 Å². The van der Waals surface area contributed by atoms with E-state index in [1.54, 1.807) is 14.2 Å². The van der Waals surface area contributed by atoms with E-state index in [-0.39, 0.29) is 0 Å². The molecule has 26 heavy (non-hydrogen) atoms. The second-order valence-electron chi connectivity index (χ2n) is 6.01. The maximum absolute atomic E-state index is 11.7. The predicted molar refractivity (Wildman–Crippen MR) is 99.8 cm³/mol. The standard InChI is InChI=1S/C20H22N2O4/c1-25-15-7-8-19(26-2)14(9-15)12-22-18(20(23)24)10-13-11-21-17-6-4-3-5-16(13)17/h3-9,11,18,21-22H,10,12H2,1-2H3,(H,23,24)/t18-/m0/s1. The quantitative estimate of drug-likeness (QED) is 0.579. The Kier molecular flexibility index (Phi) is 5.43. The molecule has 6 nitrogen and oxygen atoms in total. The van der Waals surface area contributed by atoms with Gasteiger partial charge in [-0.3, -0.25) is 10.1 Å². The zero-order chi connectivity index (χ0) is 18.5. The number of carbonyl (C=O) groups is 1. The Balaban J connectivity index is 1.76. The molecule has 0 saturated heterocycles. The molecule has 3 rings (SSSR count). The van der Waals surface area contributed by atoms with E-state index in [4.69, 9.17) is 9.47 Å². The van der Waals surface area contributed by atoms with Crippen LogP contribution in [0.15, 0.2) is 48.7 Å². The topological polar surface area (TPSA) is 83.6 Å². The molecule has 1 aromatic heterocycles. The molecule has 1 atom stereocenters. The third-order valence-corrected chi connectivity index (χ3v) is 4.42. The van der Waals surface area contributed by atoms with Crippen molar-refractivity contribution in [2.75, 3.05) is 14.2 Å². The maximum atomic E-state index is 11.7. The summed E-state index contributed by atoms with van der Waals surface area (Å²) in [6.45, 7) is 0.361. The molecule has 0 bridgehead atoms. The molecule has 3 N–H and O–H groups in total. The number of H-pyrrole nitrogens is 1. The maximum Gasteiger partial charge on any atom is 0.321 e. The number of carboxylic acid groups (broad SMARTS) is 1. The van der Waals surface area contributed by atoms with E-state index >= 15 is 0 Å². The lowest BCUT2D eigenvalue weighted by molar-refractivity contribution is -0.139. The molecule has 0 unspecified atom stereocenters. The predicted octanol–water partition coefficient (Wildman–Crippen LogP) is 2.97. The Morgan fingerprint density at radius 1 is 1.15 bits per heavy atom. The summed E-state index contributed by atoms with van der Waals surface area (Å²) in [7, 11) is 3.18. The molecule has 3 aromatic rings. The molecule has 0 aliphatic rings. The number of hydrogen-bond donors (Lipinski definition) is 3. The number of benzene rings is 2. The summed E-state index contributed by atoms with van der Waals surface area (Å²) < 4.78 is 10.6. The third kappa shape index (κ3) is 3.81. The number of aromatic nitrogens is 1. The molecule has 0 aliphatic carbocycles. The van der Waals surface area contributed by atoms with Crippen molar-refractivity contribution in [2.45, 2.75) is 19.0 Å². The van der Waals surface area contributed by atoms with Crippen molar-refractivity contribution in [2.24, 2.45) is 0 Å². The minimum absolute atomic E-state index is 0.361. The highest BCUT2D eigenvalue weighted by molar-refractivity contribution is 5.84. The van der Waals surface area contributed by atoms with Crippen molar-refractivity contribution in [1.29, 1.82) is 0 Å². The fourth-order valence-electron chi connectivity index (χ4n) is 3.02. The first-order valence-electron chi connectivity index (χ1n) is 8.34. The molecule has 0 radical (unpaired) electrons. The third-order valence-electron chi connectivity index (χ3n) is 4.42. The van der Waals surface area contributed by atoms with Crippen molar-refractivity contribution in [3.8, 4) is 11.5 Å². The van der Waals surface area contributed by atoms with Crippen LogP contribution in [0.5, 0.6) is 11.5 Å². The van der Waals surface area contributed by atoms with E-state index in [2.05, 4.69) is 10.3 Å². The summed E-state index contributed by atoms with van der Waals surface area (Å²) in [5, 5.41) is 13.8. The first-order valence-corrected chi connectivity index (χ1v) is 8.34. The van der Waals surface area contributed by atoms with Crippen LogP contribution in [0.1, 0.15) is 11.1 Å². The molecule has 0 amide bonds. The highest BCUT2D eigenvalue weighted by atomic mass is 16.5. The molecular formula is C20H22N2O4. The van der Waals surface area contributed by atoms with Gasteiger partial charge in [-0.15, -0.1) is 0 Å². The molecule has 0 fully saturated rings. The smallest absolute Gasteiger partial charge is 0.321 e. The highest BCUT2D eigenvalue weighted by Crippen LogP contribution is 2.24. The van der Waals surface area contributed by atoms with Crippen LogP contribution in [-0.4, -0.2) is 36.3 Å². The first-order chi connectivity index (χ1) is 12.6. The van der Waals surface area contributed by atoms with E-state index in [1.165, 1.54) is 0 Å². The fraction of sp³-hybridized carbons (Fsp3) is 0.250. The SMILES string of the molecule is COc1ccc(OC)c(CN[C@@H](Cc2c[nH]c3ccccc23)C(=O)O)c1. The number of ether oxygens (including phenoxy) is 2. The summed E-state index contributed by atoms with van der Waals surface area (Å²) in [4.78, 5) is 14.9. The van der Waals surface area contributed by atoms with E-state index in [1.807, 2.05) is 48.7 Å². The van der Waals surface area contributed by atoms with Gasteiger partial charge in [0.2, 0.25) is 0 Å². The molecule has 0 saturated carbocycles. The van der Waals surface area contributed by atoms with E-state index in [9.17, 15) is 9.90 Å². The molecule has 6 heteroatoms. The second kappa shape index (κ2) is 7.93. The van der Waals surface area contributed by atoms with Crippen molar-refractivity contribution in [3.05, 3.63) is 59.8 Å².